The fourth-order valence-corrected chi connectivity index (χ4v) is 3.44. The van der Waals surface area contributed by atoms with Gasteiger partial charge in [-0.15, -0.1) is 17.8 Å². The first-order valence-electron chi connectivity index (χ1n) is 9.19. The van der Waals surface area contributed by atoms with E-state index in [-0.39, 0.29) is 6.61 Å². The Morgan fingerprint density at radius 2 is 2.03 bits per heavy atom. The molecule has 0 aliphatic heterocycles. The third-order valence-electron chi connectivity index (χ3n) is 4.30. The smallest absolute Gasteiger partial charge is 0.345 e. The predicted molar refractivity (Wildman–Crippen MR) is 122 cm³/mol. The average molecular weight is 431 g/mol. The number of nitrogens with zero attached hydrogens (tertiary/aromatic N) is 2. The zero-order chi connectivity index (χ0) is 21.6. The summed E-state index contributed by atoms with van der Waals surface area (Å²) in [6.07, 6.45) is 6.83. The van der Waals surface area contributed by atoms with Crippen molar-refractivity contribution in [1.82, 2.24) is 4.98 Å². The number of terminal acetylenes is 1. The lowest BCUT2D eigenvalue weighted by molar-refractivity contribution is 0.370. The van der Waals surface area contributed by atoms with Gasteiger partial charge in [-0.2, -0.15) is 5.10 Å². The van der Waals surface area contributed by atoms with Crippen LogP contribution in [0.4, 0.5) is 5.13 Å². The normalized spacial score (nSPS) is 10.8. The molecule has 0 radical (unpaired) electrons. The Balaban J connectivity index is 1.47. The summed E-state index contributed by atoms with van der Waals surface area (Å²) in [5.74, 6) is 3.74. The highest BCUT2D eigenvalue weighted by atomic mass is 32.1. The summed E-state index contributed by atoms with van der Waals surface area (Å²) in [6, 6.07) is 14.4. The number of thiazole rings is 1. The molecule has 2 aromatic heterocycles. The van der Waals surface area contributed by atoms with E-state index in [1.165, 1.54) is 11.3 Å². The van der Waals surface area contributed by atoms with Gasteiger partial charge in [-0.25, -0.2) is 9.78 Å². The summed E-state index contributed by atoms with van der Waals surface area (Å²) in [5, 5.41) is 7.29. The van der Waals surface area contributed by atoms with Gasteiger partial charge in [-0.05, 0) is 48.0 Å². The van der Waals surface area contributed by atoms with Crippen molar-refractivity contribution in [3.63, 3.8) is 0 Å². The van der Waals surface area contributed by atoms with Crippen LogP contribution in [-0.2, 0) is 0 Å². The number of hydrogen-bond acceptors (Lipinski definition) is 8. The molecular weight excluding hydrogens is 414 g/mol. The number of benzene rings is 2. The number of nitrogens with one attached hydrogen (secondary N) is 1. The number of rotatable bonds is 7. The molecule has 4 aromatic rings. The molecule has 4 rings (SSSR count). The van der Waals surface area contributed by atoms with Crippen LogP contribution in [0.2, 0.25) is 0 Å². The highest BCUT2D eigenvalue weighted by Crippen LogP contribution is 2.27. The maximum Gasteiger partial charge on any atom is 0.345 e. The minimum Gasteiger partial charge on any atom is -0.497 e. The van der Waals surface area contributed by atoms with Crippen molar-refractivity contribution in [3.8, 4) is 35.1 Å². The quantitative estimate of drug-likeness (QED) is 0.202. The van der Waals surface area contributed by atoms with Gasteiger partial charge in [0.2, 0.25) is 5.13 Å². The van der Waals surface area contributed by atoms with Crippen LogP contribution in [0.5, 0.6) is 11.5 Å². The van der Waals surface area contributed by atoms with E-state index in [9.17, 15) is 4.79 Å². The maximum atomic E-state index is 12.4. The summed E-state index contributed by atoms with van der Waals surface area (Å²) in [4.78, 5) is 16.9. The Bertz CT molecular complexity index is 1330. The first-order chi connectivity index (χ1) is 15.2. The molecule has 0 saturated heterocycles. The van der Waals surface area contributed by atoms with Crippen molar-refractivity contribution in [2.75, 3.05) is 19.1 Å². The molecule has 2 heterocycles. The maximum absolute atomic E-state index is 12.4. The minimum absolute atomic E-state index is 0.227. The number of anilines is 1. The van der Waals surface area contributed by atoms with Crippen molar-refractivity contribution in [3.05, 3.63) is 69.9 Å². The fraction of sp³-hybridized carbons (Fsp3) is 0.0870. The molecule has 0 spiro atoms. The Morgan fingerprint density at radius 3 is 2.81 bits per heavy atom. The minimum atomic E-state index is -0.465. The number of hydrogen-bond donors (Lipinski definition) is 1. The molecule has 154 valence electrons. The fourth-order valence-electron chi connectivity index (χ4n) is 2.78. The Hall–Kier alpha value is -4.09. The van der Waals surface area contributed by atoms with E-state index in [1.807, 2.05) is 36.4 Å². The molecule has 0 aliphatic carbocycles. The zero-order valence-corrected chi connectivity index (χ0v) is 17.3. The monoisotopic (exact) mass is 431 g/mol. The molecule has 0 aliphatic rings. The highest BCUT2D eigenvalue weighted by Gasteiger charge is 2.12. The summed E-state index contributed by atoms with van der Waals surface area (Å²) in [5.41, 5.74) is 4.65. The van der Waals surface area contributed by atoms with Crippen LogP contribution in [0.3, 0.4) is 0 Å². The summed E-state index contributed by atoms with van der Waals surface area (Å²) in [6.45, 7) is 0.227. The third-order valence-corrected chi connectivity index (χ3v) is 5.05. The highest BCUT2D eigenvalue weighted by molar-refractivity contribution is 7.14. The first-order valence-corrected chi connectivity index (χ1v) is 10.1. The van der Waals surface area contributed by atoms with Crippen LogP contribution in [0.25, 0.3) is 22.2 Å². The van der Waals surface area contributed by atoms with Crippen molar-refractivity contribution >= 4 is 33.7 Å². The molecule has 0 saturated carbocycles. The topological polar surface area (TPSA) is 85.9 Å². The van der Waals surface area contributed by atoms with Gasteiger partial charge in [0.15, 0.2) is 0 Å². The van der Waals surface area contributed by atoms with Crippen molar-refractivity contribution in [2.24, 2.45) is 5.10 Å². The van der Waals surface area contributed by atoms with Crippen molar-refractivity contribution < 1.29 is 13.9 Å². The predicted octanol–water partition coefficient (Wildman–Crippen LogP) is 4.38. The van der Waals surface area contributed by atoms with Gasteiger partial charge < -0.3 is 13.9 Å². The van der Waals surface area contributed by atoms with Gasteiger partial charge in [0.25, 0.3) is 0 Å². The second-order valence-electron chi connectivity index (χ2n) is 6.32. The molecule has 0 bridgehead atoms. The molecule has 1 N–H and O–H groups in total. The van der Waals surface area contributed by atoms with E-state index in [4.69, 9.17) is 20.3 Å². The SMILES string of the molecule is C#CCOc1ccc(/C=N/Nc2nc(-c3cc4ccc(OC)cc4oc3=O)cs2)cc1. The van der Waals surface area contributed by atoms with E-state index >= 15 is 0 Å². The number of methoxy groups -OCH3 is 1. The lowest BCUT2D eigenvalue weighted by Gasteiger charge is -2.03. The van der Waals surface area contributed by atoms with Gasteiger partial charge >= 0.3 is 5.63 Å². The number of aromatic nitrogens is 1. The molecular formula is C23H17N3O4S. The second kappa shape index (κ2) is 9.15. The summed E-state index contributed by atoms with van der Waals surface area (Å²) in [7, 11) is 1.56. The zero-order valence-electron chi connectivity index (χ0n) is 16.5. The second-order valence-corrected chi connectivity index (χ2v) is 7.18. The molecule has 2 aromatic carbocycles. The van der Waals surface area contributed by atoms with Crippen LogP contribution in [0.15, 0.2) is 68.2 Å². The van der Waals surface area contributed by atoms with Crippen molar-refractivity contribution in [1.29, 1.82) is 0 Å². The number of fused-ring (bicyclic) bond motifs is 1. The van der Waals surface area contributed by atoms with Crippen molar-refractivity contribution in [2.45, 2.75) is 0 Å². The van der Waals surface area contributed by atoms with Gasteiger partial charge in [0.1, 0.15) is 23.7 Å². The summed E-state index contributed by atoms with van der Waals surface area (Å²) >= 11 is 1.34. The standard InChI is InChI=1S/C23H17N3O4S/c1-3-10-29-17-7-4-15(5-8-17)13-24-26-23-25-20(14-31-23)19-11-16-6-9-18(28-2)12-21(16)30-22(19)27/h1,4-9,11-14H,10H2,2H3,(H,25,26)/b24-13+. The largest absolute Gasteiger partial charge is 0.497 e. The van der Waals surface area contributed by atoms with Crippen LogP contribution in [0.1, 0.15) is 5.56 Å². The van der Waals surface area contributed by atoms with E-state index in [0.29, 0.717) is 33.5 Å². The van der Waals surface area contributed by atoms with Gasteiger partial charge in [0, 0.05) is 16.8 Å². The van der Waals surface area contributed by atoms with Gasteiger partial charge in [-0.1, -0.05) is 5.92 Å². The molecule has 7 nitrogen and oxygen atoms in total. The molecule has 0 unspecified atom stereocenters. The Labute approximate surface area is 182 Å². The third kappa shape index (κ3) is 4.74. The van der Waals surface area contributed by atoms with Crippen LogP contribution in [0, 0.1) is 12.3 Å². The van der Waals surface area contributed by atoms with Crippen LogP contribution < -0.4 is 20.5 Å². The van der Waals surface area contributed by atoms with Gasteiger partial charge in [0.05, 0.1) is 24.6 Å². The van der Waals surface area contributed by atoms with Gasteiger partial charge in [-0.3, -0.25) is 5.43 Å². The van der Waals surface area contributed by atoms with E-state index in [1.54, 1.807) is 30.8 Å². The number of ether oxygens (including phenoxy) is 2. The van der Waals surface area contributed by atoms with E-state index < -0.39 is 5.63 Å². The Morgan fingerprint density at radius 1 is 1.23 bits per heavy atom. The molecule has 0 fully saturated rings. The first kappa shape index (κ1) is 20.2. The van der Waals surface area contributed by atoms with E-state index in [2.05, 4.69) is 21.4 Å². The Kier molecular flexibility index (Phi) is 5.96. The van der Waals surface area contributed by atoms with E-state index in [0.717, 1.165) is 10.9 Å². The average Bonchev–Trinajstić information content (AvgIpc) is 3.26. The summed E-state index contributed by atoms with van der Waals surface area (Å²) < 4.78 is 15.9. The lowest BCUT2D eigenvalue weighted by Crippen LogP contribution is -2.03. The molecule has 0 amide bonds. The van der Waals surface area contributed by atoms with Crippen LogP contribution >= 0.6 is 11.3 Å². The lowest BCUT2D eigenvalue weighted by atomic mass is 10.1. The number of hydrazone groups is 1. The molecule has 8 heteroatoms. The van der Waals surface area contributed by atoms with Crippen LogP contribution in [-0.4, -0.2) is 24.9 Å². The molecule has 31 heavy (non-hydrogen) atoms. The molecule has 0 atom stereocenters.